The molecule has 0 saturated carbocycles. The van der Waals surface area contributed by atoms with Gasteiger partial charge in [0.25, 0.3) is 0 Å². The molecule has 0 radical (unpaired) electrons. The monoisotopic (exact) mass is 309 g/mol. The molecule has 3 rings (SSSR count). The van der Waals surface area contributed by atoms with E-state index >= 15 is 0 Å². The Balaban J connectivity index is 1.72. The third-order valence-corrected chi connectivity index (χ3v) is 3.63. The van der Waals surface area contributed by atoms with Crippen molar-refractivity contribution < 1.29 is 9.47 Å². The van der Waals surface area contributed by atoms with Crippen molar-refractivity contribution >= 4 is 28.9 Å². The maximum Gasteiger partial charge on any atom is 0.163 e. The fraction of sp³-hybridized carbons (Fsp3) is 0.200. The van der Waals surface area contributed by atoms with Crippen molar-refractivity contribution in [3.63, 3.8) is 0 Å². The predicted molar refractivity (Wildman–Crippen MR) is 81.2 cm³/mol. The van der Waals surface area contributed by atoms with Gasteiger partial charge in [-0.2, -0.15) is 0 Å². The van der Waals surface area contributed by atoms with Crippen LogP contribution in [0.2, 0.25) is 10.0 Å². The average molecular weight is 310 g/mol. The molecule has 0 fully saturated rings. The average Bonchev–Trinajstić information content (AvgIpc) is 2.46. The predicted octanol–water partition coefficient (Wildman–Crippen LogP) is 4.38. The van der Waals surface area contributed by atoms with Gasteiger partial charge in [0.15, 0.2) is 11.5 Å². The van der Waals surface area contributed by atoms with Gasteiger partial charge >= 0.3 is 0 Å². The van der Waals surface area contributed by atoms with Crippen LogP contribution >= 0.6 is 23.2 Å². The highest BCUT2D eigenvalue weighted by atomic mass is 35.5. The van der Waals surface area contributed by atoms with Gasteiger partial charge in [-0.15, -0.1) is 0 Å². The standard InChI is InChI=1S/C15H13Cl2NO2/c16-11-2-1-10(13(17)7-11)9-18-12-3-4-14-15(8-12)20-6-5-19-14/h1-4,7-8,18H,5-6,9H2. The van der Waals surface area contributed by atoms with Crippen molar-refractivity contribution in [2.45, 2.75) is 6.54 Å². The molecule has 0 bridgehead atoms. The molecule has 1 aliphatic heterocycles. The number of fused-ring (bicyclic) bond motifs is 1. The number of anilines is 1. The maximum atomic E-state index is 6.14. The molecular weight excluding hydrogens is 297 g/mol. The smallest absolute Gasteiger partial charge is 0.163 e. The van der Waals surface area contributed by atoms with Crippen LogP contribution in [-0.4, -0.2) is 13.2 Å². The normalized spacial score (nSPS) is 13.1. The minimum atomic E-state index is 0.583. The Bertz CT molecular complexity index is 631. The summed E-state index contributed by atoms with van der Waals surface area (Å²) in [6.45, 7) is 1.80. The van der Waals surface area contributed by atoms with Gasteiger partial charge in [0, 0.05) is 28.3 Å². The summed E-state index contributed by atoms with van der Waals surface area (Å²) in [5.74, 6) is 1.55. The number of hydrogen-bond donors (Lipinski definition) is 1. The van der Waals surface area contributed by atoms with E-state index in [0.29, 0.717) is 29.8 Å². The van der Waals surface area contributed by atoms with E-state index in [4.69, 9.17) is 32.7 Å². The molecule has 0 amide bonds. The summed E-state index contributed by atoms with van der Waals surface area (Å²) in [6.07, 6.45) is 0. The van der Waals surface area contributed by atoms with Gasteiger partial charge in [-0.05, 0) is 29.8 Å². The summed E-state index contributed by atoms with van der Waals surface area (Å²) in [6, 6.07) is 11.3. The molecule has 0 aliphatic carbocycles. The second kappa shape index (κ2) is 5.81. The summed E-state index contributed by atoms with van der Waals surface area (Å²) in [7, 11) is 0. The van der Waals surface area contributed by atoms with Crippen molar-refractivity contribution in [3.8, 4) is 11.5 Å². The molecule has 0 saturated heterocycles. The van der Waals surface area contributed by atoms with Crippen LogP contribution in [0.5, 0.6) is 11.5 Å². The lowest BCUT2D eigenvalue weighted by Crippen LogP contribution is -2.15. The SMILES string of the molecule is Clc1ccc(CNc2ccc3c(c2)OCCO3)c(Cl)c1. The molecule has 1 aliphatic rings. The molecule has 1 N–H and O–H groups in total. The Hall–Kier alpha value is -1.58. The summed E-state index contributed by atoms with van der Waals surface area (Å²) in [5, 5.41) is 4.60. The molecule has 104 valence electrons. The molecule has 0 unspecified atom stereocenters. The van der Waals surface area contributed by atoms with Gasteiger partial charge in [0.1, 0.15) is 13.2 Å². The van der Waals surface area contributed by atoms with E-state index in [1.54, 1.807) is 6.07 Å². The lowest BCUT2D eigenvalue weighted by atomic mass is 10.2. The van der Waals surface area contributed by atoms with Crippen molar-refractivity contribution in [3.05, 3.63) is 52.0 Å². The van der Waals surface area contributed by atoms with E-state index in [1.807, 2.05) is 30.3 Å². The molecule has 5 heteroatoms. The minimum absolute atomic E-state index is 0.583. The lowest BCUT2D eigenvalue weighted by molar-refractivity contribution is 0.171. The van der Waals surface area contributed by atoms with Gasteiger partial charge in [0.05, 0.1) is 0 Å². The van der Waals surface area contributed by atoms with E-state index in [9.17, 15) is 0 Å². The van der Waals surface area contributed by atoms with Crippen molar-refractivity contribution in [1.82, 2.24) is 0 Å². The summed E-state index contributed by atoms with van der Waals surface area (Å²) in [5.41, 5.74) is 1.95. The molecule has 0 aromatic heterocycles. The summed E-state index contributed by atoms with van der Waals surface area (Å²) < 4.78 is 11.0. The Morgan fingerprint density at radius 3 is 2.55 bits per heavy atom. The van der Waals surface area contributed by atoms with E-state index in [-0.39, 0.29) is 0 Å². The molecule has 1 heterocycles. The Labute approximate surface area is 127 Å². The van der Waals surface area contributed by atoms with E-state index < -0.39 is 0 Å². The zero-order valence-corrected chi connectivity index (χ0v) is 12.2. The quantitative estimate of drug-likeness (QED) is 0.913. The van der Waals surface area contributed by atoms with Crippen LogP contribution in [0.4, 0.5) is 5.69 Å². The highest BCUT2D eigenvalue weighted by Crippen LogP contribution is 2.33. The van der Waals surface area contributed by atoms with Gasteiger partial charge in [-0.3, -0.25) is 0 Å². The maximum absolute atomic E-state index is 6.14. The van der Waals surface area contributed by atoms with Crippen LogP contribution in [-0.2, 0) is 6.54 Å². The minimum Gasteiger partial charge on any atom is -0.486 e. The third-order valence-electron chi connectivity index (χ3n) is 3.04. The van der Waals surface area contributed by atoms with Crippen LogP contribution in [0, 0.1) is 0 Å². The Kier molecular flexibility index (Phi) is 3.90. The molecule has 0 spiro atoms. The largest absolute Gasteiger partial charge is 0.486 e. The number of benzene rings is 2. The van der Waals surface area contributed by atoms with E-state index in [2.05, 4.69) is 5.32 Å². The zero-order valence-electron chi connectivity index (χ0n) is 10.7. The van der Waals surface area contributed by atoms with Crippen LogP contribution in [0.15, 0.2) is 36.4 Å². The first kappa shape index (κ1) is 13.4. The summed E-state index contributed by atoms with van der Waals surface area (Å²) >= 11 is 12.0. The van der Waals surface area contributed by atoms with Crippen LogP contribution in [0.25, 0.3) is 0 Å². The highest BCUT2D eigenvalue weighted by molar-refractivity contribution is 6.35. The van der Waals surface area contributed by atoms with Crippen molar-refractivity contribution in [2.75, 3.05) is 18.5 Å². The zero-order chi connectivity index (χ0) is 13.9. The van der Waals surface area contributed by atoms with E-state index in [0.717, 1.165) is 22.7 Å². The lowest BCUT2D eigenvalue weighted by Gasteiger charge is -2.19. The van der Waals surface area contributed by atoms with Gasteiger partial charge in [0.2, 0.25) is 0 Å². The van der Waals surface area contributed by atoms with Crippen LogP contribution < -0.4 is 14.8 Å². The van der Waals surface area contributed by atoms with E-state index in [1.165, 1.54) is 0 Å². The van der Waals surface area contributed by atoms with Gasteiger partial charge in [-0.1, -0.05) is 29.3 Å². The summed E-state index contributed by atoms with van der Waals surface area (Å²) in [4.78, 5) is 0. The highest BCUT2D eigenvalue weighted by Gasteiger charge is 2.11. The van der Waals surface area contributed by atoms with Crippen molar-refractivity contribution in [1.29, 1.82) is 0 Å². The Morgan fingerprint density at radius 1 is 0.950 bits per heavy atom. The molecule has 3 nitrogen and oxygen atoms in total. The molecule has 0 atom stereocenters. The second-order valence-corrected chi connectivity index (χ2v) is 5.29. The Morgan fingerprint density at radius 2 is 1.75 bits per heavy atom. The number of rotatable bonds is 3. The first-order valence-corrected chi connectivity index (χ1v) is 7.05. The van der Waals surface area contributed by atoms with Crippen LogP contribution in [0.1, 0.15) is 5.56 Å². The number of nitrogens with one attached hydrogen (secondary N) is 1. The molecular formula is C15H13Cl2NO2. The van der Waals surface area contributed by atoms with Gasteiger partial charge in [-0.25, -0.2) is 0 Å². The first-order chi connectivity index (χ1) is 9.72. The first-order valence-electron chi connectivity index (χ1n) is 6.30. The number of hydrogen-bond acceptors (Lipinski definition) is 3. The molecule has 2 aromatic carbocycles. The van der Waals surface area contributed by atoms with Crippen molar-refractivity contribution in [2.24, 2.45) is 0 Å². The number of halogens is 2. The molecule has 2 aromatic rings. The third kappa shape index (κ3) is 2.94. The van der Waals surface area contributed by atoms with Gasteiger partial charge < -0.3 is 14.8 Å². The fourth-order valence-electron chi connectivity index (χ4n) is 2.02. The molecule has 20 heavy (non-hydrogen) atoms. The fourth-order valence-corrected chi connectivity index (χ4v) is 2.49. The number of ether oxygens (including phenoxy) is 2. The second-order valence-electron chi connectivity index (χ2n) is 4.45. The topological polar surface area (TPSA) is 30.5 Å². The van der Waals surface area contributed by atoms with Crippen LogP contribution in [0.3, 0.4) is 0 Å².